The molecule has 3 nitrogen and oxygen atoms in total. The summed E-state index contributed by atoms with van der Waals surface area (Å²) in [6.45, 7) is 2.22. The first-order chi connectivity index (χ1) is 26.7. The summed E-state index contributed by atoms with van der Waals surface area (Å²) in [5.41, 5.74) is 16.2. The Hall–Kier alpha value is -6.56. The molecule has 4 heterocycles. The molecule has 0 atom stereocenters. The quantitative estimate of drug-likeness (QED) is 0.169. The van der Waals surface area contributed by atoms with Gasteiger partial charge >= 0.3 is 6.85 Å². The van der Waals surface area contributed by atoms with Crippen molar-refractivity contribution in [3.05, 3.63) is 181 Å². The van der Waals surface area contributed by atoms with E-state index in [1.54, 1.807) is 0 Å². The Labute approximate surface area is 317 Å². The molecule has 2 aromatic heterocycles. The molecule has 0 spiro atoms. The molecule has 0 saturated heterocycles. The fraction of sp³-hybridized carbons (Fsp3) is 0.0204. The number of anilines is 5. The van der Waals surface area contributed by atoms with Crippen molar-refractivity contribution in [1.29, 1.82) is 0 Å². The van der Waals surface area contributed by atoms with E-state index in [1.807, 2.05) is 11.3 Å². The highest BCUT2D eigenvalue weighted by Gasteiger charge is 2.45. The van der Waals surface area contributed by atoms with Crippen molar-refractivity contribution in [3.63, 3.8) is 0 Å². The Bertz CT molecular complexity index is 3110. The highest BCUT2D eigenvalue weighted by atomic mass is 32.1. The SMILES string of the molecule is Cc1ccccc1N1B2c3c(cc(N(c4ccccc4)c4ccccc4)cc3-n3c4ccccc4c4cccc2c43)-c2c1ccc1sc3ccccc3c21. The standard InChI is InChI=1S/C49H32BN3S/c1-31-15-8-11-24-40(31)53-42-27-28-45-47(37-21-10-13-26-44(37)54-45)46(42)38-29-34(51(32-16-4-2-5-17-32)33-18-6-3-7-19-33)30-43-48(38)50(53)39-23-14-22-36-35-20-9-12-25-41(35)52(43)49(36)39/h2-30H,1H3. The average molecular weight is 706 g/mol. The number of hydrogen-bond donors (Lipinski definition) is 0. The number of nitrogens with zero attached hydrogens (tertiary/aromatic N) is 3. The van der Waals surface area contributed by atoms with Crippen LogP contribution in [0.3, 0.4) is 0 Å². The van der Waals surface area contributed by atoms with Crippen LogP contribution < -0.4 is 20.6 Å². The zero-order chi connectivity index (χ0) is 35.5. The number of benzene rings is 8. The van der Waals surface area contributed by atoms with Gasteiger partial charge in [0.1, 0.15) is 0 Å². The van der Waals surface area contributed by atoms with Crippen LogP contribution in [0.15, 0.2) is 176 Å². The van der Waals surface area contributed by atoms with Gasteiger partial charge in [-0.25, -0.2) is 0 Å². The van der Waals surface area contributed by atoms with E-state index in [1.165, 1.54) is 86.7 Å². The van der Waals surface area contributed by atoms with Gasteiger partial charge < -0.3 is 14.3 Å². The molecule has 0 aliphatic carbocycles. The van der Waals surface area contributed by atoms with Gasteiger partial charge in [-0.15, -0.1) is 11.3 Å². The summed E-state index contributed by atoms with van der Waals surface area (Å²) < 4.78 is 5.19. The number of fused-ring (bicyclic) bond motifs is 11. The van der Waals surface area contributed by atoms with Crippen molar-refractivity contribution in [1.82, 2.24) is 4.57 Å². The highest BCUT2D eigenvalue weighted by molar-refractivity contribution is 7.26. The first-order valence-electron chi connectivity index (χ1n) is 18.6. The number of aromatic nitrogens is 1. The summed E-state index contributed by atoms with van der Waals surface area (Å²) >= 11 is 1.89. The van der Waals surface area contributed by atoms with Gasteiger partial charge in [0.15, 0.2) is 0 Å². The molecule has 8 aromatic carbocycles. The Kier molecular flexibility index (Phi) is 6.23. The molecule has 2 aliphatic heterocycles. The van der Waals surface area contributed by atoms with Gasteiger partial charge in [0.25, 0.3) is 0 Å². The number of para-hydroxylation sites is 5. The van der Waals surface area contributed by atoms with E-state index in [2.05, 4.69) is 197 Å². The predicted molar refractivity (Wildman–Crippen MR) is 232 cm³/mol. The lowest BCUT2D eigenvalue weighted by Crippen LogP contribution is -2.60. The molecule has 54 heavy (non-hydrogen) atoms. The summed E-state index contributed by atoms with van der Waals surface area (Å²) in [6, 6.07) is 65.1. The number of thiophene rings is 1. The van der Waals surface area contributed by atoms with Crippen molar-refractivity contribution in [2.45, 2.75) is 6.92 Å². The lowest BCUT2D eigenvalue weighted by molar-refractivity contribution is 1.17. The van der Waals surface area contributed by atoms with E-state index in [0.29, 0.717) is 0 Å². The van der Waals surface area contributed by atoms with Gasteiger partial charge in [-0.05, 0) is 95.7 Å². The van der Waals surface area contributed by atoms with Crippen LogP contribution in [-0.2, 0) is 0 Å². The van der Waals surface area contributed by atoms with Crippen molar-refractivity contribution in [3.8, 4) is 16.8 Å². The zero-order valence-corrected chi connectivity index (χ0v) is 30.4. The lowest BCUT2D eigenvalue weighted by atomic mass is 9.43. The summed E-state index contributed by atoms with van der Waals surface area (Å²) in [4.78, 5) is 5.08. The topological polar surface area (TPSA) is 11.4 Å². The van der Waals surface area contributed by atoms with Crippen LogP contribution in [0.25, 0.3) is 58.8 Å². The van der Waals surface area contributed by atoms with E-state index >= 15 is 0 Å². The number of rotatable bonds is 4. The van der Waals surface area contributed by atoms with Gasteiger partial charge in [-0.3, -0.25) is 0 Å². The first-order valence-corrected chi connectivity index (χ1v) is 19.5. The summed E-state index contributed by atoms with van der Waals surface area (Å²) in [5.74, 6) is 0. The molecule has 0 fully saturated rings. The molecule has 0 bridgehead atoms. The van der Waals surface area contributed by atoms with Gasteiger partial charge in [0.2, 0.25) is 0 Å². The Morgan fingerprint density at radius 3 is 2.00 bits per heavy atom. The Morgan fingerprint density at radius 1 is 0.519 bits per heavy atom. The Morgan fingerprint density at radius 2 is 1.20 bits per heavy atom. The summed E-state index contributed by atoms with van der Waals surface area (Å²) in [6.07, 6.45) is 0. The van der Waals surface area contributed by atoms with Crippen LogP contribution in [0.1, 0.15) is 5.56 Å². The lowest BCUT2D eigenvalue weighted by Gasteiger charge is -2.43. The second-order valence-corrected chi connectivity index (χ2v) is 15.6. The average Bonchev–Trinajstić information content (AvgIpc) is 3.78. The van der Waals surface area contributed by atoms with E-state index in [0.717, 1.165) is 17.1 Å². The summed E-state index contributed by atoms with van der Waals surface area (Å²) in [5, 5.41) is 5.21. The van der Waals surface area contributed by atoms with Crippen molar-refractivity contribution >= 4 is 99.5 Å². The van der Waals surface area contributed by atoms with Gasteiger partial charge in [0.05, 0.1) is 11.0 Å². The predicted octanol–water partition coefficient (Wildman–Crippen LogP) is 12.2. The molecule has 252 valence electrons. The number of hydrogen-bond acceptors (Lipinski definition) is 3. The fourth-order valence-electron chi connectivity index (χ4n) is 9.49. The third-order valence-electron chi connectivity index (χ3n) is 11.6. The first kappa shape index (κ1) is 30.0. The van der Waals surface area contributed by atoms with Crippen molar-refractivity contribution in [2.75, 3.05) is 9.71 Å². The van der Waals surface area contributed by atoms with E-state index in [-0.39, 0.29) is 6.85 Å². The number of aryl methyl sites for hydroxylation is 1. The largest absolute Gasteiger partial charge is 0.376 e. The second kappa shape index (κ2) is 11.2. The van der Waals surface area contributed by atoms with Crippen LogP contribution in [0.2, 0.25) is 0 Å². The summed E-state index contributed by atoms with van der Waals surface area (Å²) in [7, 11) is 0. The fourth-order valence-corrected chi connectivity index (χ4v) is 10.6. The van der Waals surface area contributed by atoms with Gasteiger partial charge in [-0.1, -0.05) is 109 Å². The van der Waals surface area contributed by atoms with Crippen LogP contribution in [0.5, 0.6) is 0 Å². The van der Waals surface area contributed by atoms with Crippen LogP contribution in [0.4, 0.5) is 28.4 Å². The molecule has 0 amide bonds. The minimum absolute atomic E-state index is 0.0394. The Balaban J connectivity index is 1.30. The van der Waals surface area contributed by atoms with E-state index in [4.69, 9.17) is 0 Å². The molecule has 5 heteroatoms. The molecule has 0 unspecified atom stereocenters. The molecule has 0 saturated carbocycles. The molecule has 10 aromatic rings. The van der Waals surface area contributed by atoms with Gasteiger partial charge in [-0.2, -0.15) is 0 Å². The van der Waals surface area contributed by atoms with E-state index in [9.17, 15) is 0 Å². The minimum Gasteiger partial charge on any atom is -0.376 e. The maximum absolute atomic E-state index is 2.66. The molecule has 0 N–H and O–H groups in total. The monoisotopic (exact) mass is 705 g/mol. The minimum atomic E-state index is -0.0394. The molecule has 12 rings (SSSR count). The highest BCUT2D eigenvalue weighted by Crippen LogP contribution is 2.52. The third kappa shape index (κ3) is 4.02. The van der Waals surface area contributed by atoms with E-state index < -0.39 is 0 Å². The molecule has 2 aliphatic rings. The zero-order valence-electron chi connectivity index (χ0n) is 29.6. The molecular weight excluding hydrogens is 673 g/mol. The third-order valence-corrected chi connectivity index (χ3v) is 12.8. The van der Waals surface area contributed by atoms with Crippen molar-refractivity contribution < 1.29 is 0 Å². The smallest absolute Gasteiger partial charge is 0.333 e. The normalized spacial score (nSPS) is 12.8. The molecule has 0 radical (unpaired) electrons. The second-order valence-electron chi connectivity index (χ2n) is 14.5. The van der Waals surface area contributed by atoms with Gasteiger partial charge in [0, 0.05) is 70.6 Å². The maximum atomic E-state index is 2.66. The maximum Gasteiger partial charge on any atom is 0.333 e. The van der Waals surface area contributed by atoms with Crippen LogP contribution in [-0.4, -0.2) is 11.4 Å². The van der Waals surface area contributed by atoms with Crippen LogP contribution in [0, 0.1) is 6.92 Å². The molecular formula is C49H32BN3S. The van der Waals surface area contributed by atoms with Crippen molar-refractivity contribution in [2.24, 2.45) is 0 Å². The van der Waals surface area contributed by atoms with Crippen LogP contribution >= 0.6 is 11.3 Å².